The Bertz CT molecular complexity index is 1260. The first-order chi connectivity index (χ1) is 16.5. The Balaban J connectivity index is 1.22. The lowest BCUT2D eigenvalue weighted by Crippen LogP contribution is -2.42. The van der Waals surface area contributed by atoms with Crippen molar-refractivity contribution in [3.8, 4) is 5.69 Å². The minimum absolute atomic E-state index is 0.268. The summed E-state index contributed by atoms with van der Waals surface area (Å²) in [5.41, 5.74) is 2.34. The van der Waals surface area contributed by atoms with E-state index in [1.807, 2.05) is 72.8 Å². The van der Waals surface area contributed by atoms with E-state index in [0.717, 1.165) is 17.1 Å². The van der Waals surface area contributed by atoms with Crippen molar-refractivity contribution >= 4 is 17.4 Å². The summed E-state index contributed by atoms with van der Waals surface area (Å²) in [5.74, 6) is 0.486. The molecule has 34 heavy (non-hydrogen) atoms. The van der Waals surface area contributed by atoms with Crippen molar-refractivity contribution in [2.45, 2.75) is 25.4 Å². The van der Waals surface area contributed by atoms with Crippen LogP contribution in [0.3, 0.4) is 0 Å². The third-order valence-corrected chi connectivity index (χ3v) is 6.22. The number of amides is 1. The number of hydrogen-bond acceptors (Lipinski definition) is 6. The number of aliphatic hydroxyl groups is 1. The largest absolute Gasteiger partial charge is 0.385 e. The zero-order chi connectivity index (χ0) is 23.5. The monoisotopic (exact) mass is 454 g/mol. The Morgan fingerprint density at radius 1 is 0.941 bits per heavy atom. The van der Waals surface area contributed by atoms with Crippen molar-refractivity contribution in [2.24, 2.45) is 0 Å². The summed E-state index contributed by atoms with van der Waals surface area (Å²) in [6.45, 7) is 3.16. The highest BCUT2D eigenvalue weighted by Crippen LogP contribution is 2.34. The van der Waals surface area contributed by atoms with E-state index in [0.29, 0.717) is 37.3 Å². The number of piperidine rings is 1. The van der Waals surface area contributed by atoms with Gasteiger partial charge in [-0.2, -0.15) is 9.90 Å². The first kappa shape index (κ1) is 21.8. The lowest BCUT2D eigenvalue weighted by Gasteiger charge is -2.39. The zero-order valence-electron chi connectivity index (χ0n) is 18.9. The number of nitrogens with zero attached hydrogens (tertiary/aromatic N) is 5. The van der Waals surface area contributed by atoms with E-state index in [9.17, 15) is 9.90 Å². The molecule has 172 valence electrons. The van der Waals surface area contributed by atoms with Crippen LogP contribution in [0.4, 0.5) is 11.5 Å². The number of benzene rings is 2. The molecular formula is C26H26N6O2. The molecule has 0 radical (unpaired) electrons. The fourth-order valence-corrected chi connectivity index (χ4v) is 4.25. The second-order valence-electron chi connectivity index (χ2n) is 8.50. The fraction of sp³-hybridized carbons (Fsp3) is 0.231. The molecule has 2 N–H and O–H groups in total. The van der Waals surface area contributed by atoms with Gasteiger partial charge in [0.2, 0.25) is 0 Å². The van der Waals surface area contributed by atoms with E-state index in [4.69, 9.17) is 0 Å². The maximum absolute atomic E-state index is 12.8. The summed E-state index contributed by atoms with van der Waals surface area (Å²) in [6.07, 6.45) is 2.91. The van der Waals surface area contributed by atoms with E-state index in [-0.39, 0.29) is 11.6 Å². The van der Waals surface area contributed by atoms with Crippen molar-refractivity contribution in [1.29, 1.82) is 0 Å². The number of para-hydroxylation sites is 1. The van der Waals surface area contributed by atoms with Crippen LogP contribution in [0.25, 0.3) is 5.69 Å². The number of aromatic nitrogens is 4. The van der Waals surface area contributed by atoms with Gasteiger partial charge in [0, 0.05) is 13.1 Å². The number of carbonyl (C=O) groups is 1. The quantitative estimate of drug-likeness (QED) is 0.477. The second kappa shape index (κ2) is 9.07. The molecule has 2 aromatic heterocycles. The van der Waals surface area contributed by atoms with Crippen LogP contribution in [0.2, 0.25) is 0 Å². The lowest BCUT2D eigenvalue weighted by atomic mass is 9.84. The first-order valence-electron chi connectivity index (χ1n) is 11.3. The molecule has 1 saturated heterocycles. The number of aryl methyl sites for hydroxylation is 1. The minimum Gasteiger partial charge on any atom is -0.385 e. The van der Waals surface area contributed by atoms with Crippen LogP contribution >= 0.6 is 0 Å². The average Bonchev–Trinajstić information content (AvgIpc) is 3.28. The van der Waals surface area contributed by atoms with Gasteiger partial charge < -0.3 is 15.3 Å². The molecule has 0 unspecified atom stereocenters. The molecule has 8 nitrogen and oxygen atoms in total. The molecule has 0 atom stereocenters. The summed E-state index contributed by atoms with van der Waals surface area (Å²) in [4.78, 5) is 20.9. The molecule has 1 aliphatic rings. The van der Waals surface area contributed by atoms with Crippen molar-refractivity contribution in [2.75, 3.05) is 23.3 Å². The van der Waals surface area contributed by atoms with Gasteiger partial charge in [0.05, 0.1) is 28.9 Å². The van der Waals surface area contributed by atoms with Gasteiger partial charge in [-0.25, -0.2) is 4.98 Å². The number of rotatable bonds is 5. The summed E-state index contributed by atoms with van der Waals surface area (Å²) in [5, 5.41) is 22.6. The number of carbonyl (C=O) groups excluding carboxylic acids is 1. The highest BCUT2D eigenvalue weighted by atomic mass is 16.3. The van der Waals surface area contributed by atoms with Gasteiger partial charge >= 0.3 is 0 Å². The van der Waals surface area contributed by atoms with Crippen LogP contribution in [0.1, 0.15) is 34.6 Å². The maximum atomic E-state index is 12.8. The fourth-order valence-electron chi connectivity index (χ4n) is 4.25. The smallest absolute Gasteiger partial charge is 0.278 e. The Morgan fingerprint density at radius 3 is 2.26 bits per heavy atom. The SMILES string of the molecule is Cc1nn(-c2ccccc2)nc1C(=O)Nc1ccc(N2CCC(O)(c3ccccc3)CC2)nc1. The van der Waals surface area contributed by atoms with E-state index >= 15 is 0 Å². The molecule has 2 aromatic carbocycles. The number of nitrogens with one attached hydrogen (secondary N) is 1. The van der Waals surface area contributed by atoms with Crippen molar-refractivity contribution in [3.63, 3.8) is 0 Å². The van der Waals surface area contributed by atoms with Crippen LogP contribution < -0.4 is 10.2 Å². The molecule has 1 aliphatic heterocycles. The van der Waals surface area contributed by atoms with Crippen molar-refractivity contribution < 1.29 is 9.90 Å². The molecule has 1 amide bonds. The molecule has 0 bridgehead atoms. The molecule has 1 fully saturated rings. The van der Waals surface area contributed by atoms with Crippen molar-refractivity contribution in [3.05, 3.63) is 95.9 Å². The second-order valence-corrected chi connectivity index (χ2v) is 8.50. The average molecular weight is 455 g/mol. The first-order valence-corrected chi connectivity index (χ1v) is 11.3. The van der Waals surface area contributed by atoms with Gasteiger partial charge in [0.15, 0.2) is 5.69 Å². The third kappa shape index (κ3) is 4.40. The van der Waals surface area contributed by atoms with Gasteiger partial charge in [0.25, 0.3) is 5.91 Å². The molecule has 5 rings (SSSR count). The van der Waals surface area contributed by atoms with Gasteiger partial charge in [-0.15, -0.1) is 5.10 Å². The number of hydrogen-bond donors (Lipinski definition) is 2. The molecule has 4 aromatic rings. The normalized spacial score (nSPS) is 15.2. The maximum Gasteiger partial charge on any atom is 0.278 e. The molecule has 0 saturated carbocycles. The zero-order valence-corrected chi connectivity index (χ0v) is 18.9. The van der Waals surface area contributed by atoms with Crippen LogP contribution in [0.5, 0.6) is 0 Å². The summed E-state index contributed by atoms with van der Waals surface area (Å²) < 4.78 is 0. The predicted octanol–water partition coefficient (Wildman–Crippen LogP) is 3.71. The van der Waals surface area contributed by atoms with Crippen molar-refractivity contribution in [1.82, 2.24) is 20.0 Å². The molecule has 8 heteroatoms. The lowest BCUT2D eigenvalue weighted by molar-refractivity contribution is 0.0116. The highest BCUT2D eigenvalue weighted by molar-refractivity contribution is 6.03. The standard InChI is InChI=1S/C26H26N6O2/c1-19-24(30-32(29-19)22-10-6-3-7-11-22)25(33)28-21-12-13-23(27-18-21)31-16-14-26(34,15-17-31)20-8-4-2-5-9-20/h2-13,18,34H,14-17H2,1H3,(H,28,33). The van der Waals surface area contributed by atoms with Crippen LogP contribution in [-0.4, -0.2) is 44.1 Å². The van der Waals surface area contributed by atoms with Gasteiger partial charge in [0.1, 0.15) is 5.82 Å². The van der Waals surface area contributed by atoms with E-state index in [1.165, 1.54) is 4.80 Å². The number of anilines is 2. The Hall–Kier alpha value is -4.04. The Kier molecular flexibility index (Phi) is 5.81. The molecule has 3 heterocycles. The third-order valence-electron chi connectivity index (χ3n) is 6.22. The summed E-state index contributed by atoms with van der Waals surface area (Å²) in [7, 11) is 0. The molecule has 0 spiro atoms. The summed E-state index contributed by atoms with van der Waals surface area (Å²) in [6, 6.07) is 23.0. The van der Waals surface area contributed by atoms with E-state index in [1.54, 1.807) is 13.1 Å². The van der Waals surface area contributed by atoms with E-state index in [2.05, 4.69) is 25.4 Å². The van der Waals surface area contributed by atoms with Crippen LogP contribution in [0.15, 0.2) is 79.0 Å². The minimum atomic E-state index is -0.805. The Morgan fingerprint density at radius 2 is 1.62 bits per heavy atom. The molecular weight excluding hydrogens is 428 g/mol. The predicted molar refractivity (Wildman–Crippen MR) is 130 cm³/mol. The summed E-state index contributed by atoms with van der Waals surface area (Å²) >= 11 is 0. The Labute approximate surface area is 197 Å². The van der Waals surface area contributed by atoms with Gasteiger partial charge in [-0.1, -0.05) is 48.5 Å². The number of pyridine rings is 1. The van der Waals surface area contributed by atoms with Gasteiger partial charge in [-0.05, 0) is 49.6 Å². The topological polar surface area (TPSA) is 96.2 Å². The van der Waals surface area contributed by atoms with Crippen LogP contribution in [-0.2, 0) is 5.60 Å². The molecule has 0 aliphatic carbocycles. The van der Waals surface area contributed by atoms with Crippen LogP contribution in [0, 0.1) is 6.92 Å². The van der Waals surface area contributed by atoms with E-state index < -0.39 is 5.60 Å². The highest BCUT2D eigenvalue weighted by Gasteiger charge is 2.34. The van der Waals surface area contributed by atoms with Gasteiger partial charge in [-0.3, -0.25) is 4.79 Å².